The van der Waals surface area contributed by atoms with Crippen molar-refractivity contribution in [1.82, 2.24) is 5.32 Å². The normalized spacial score (nSPS) is 24.3. The number of nitrogens with one attached hydrogen (secondary N) is 1. The van der Waals surface area contributed by atoms with Crippen molar-refractivity contribution in [2.24, 2.45) is 11.7 Å². The van der Waals surface area contributed by atoms with Crippen LogP contribution >= 0.6 is 0 Å². The first-order valence-corrected chi connectivity index (χ1v) is 5.81. The summed E-state index contributed by atoms with van der Waals surface area (Å²) >= 11 is 0. The monoisotopic (exact) mass is 258 g/mol. The lowest BCUT2D eigenvalue weighted by molar-refractivity contribution is -0.146. The van der Waals surface area contributed by atoms with Crippen LogP contribution in [0.25, 0.3) is 0 Å². The predicted molar refractivity (Wildman–Crippen MR) is 61.5 cm³/mol. The van der Waals surface area contributed by atoms with Gasteiger partial charge in [0.2, 0.25) is 5.91 Å². The lowest BCUT2D eigenvalue weighted by Gasteiger charge is -2.20. The fraction of sp³-hybridized carbons (Fsp3) is 0.727. The first-order chi connectivity index (χ1) is 8.45. The van der Waals surface area contributed by atoms with Crippen molar-refractivity contribution >= 4 is 17.8 Å². The number of rotatable bonds is 5. The van der Waals surface area contributed by atoms with Crippen LogP contribution in [0.15, 0.2) is 0 Å². The molecule has 0 saturated heterocycles. The zero-order valence-corrected chi connectivity index (χ0v) is 10.2. The molecule has 0 aromatic heterocycles. The van der Waals surface area contributed by atoms with Crippen molar-refractivity contribution in [1.29, 1.82) is 0 Å². The van der Waals surface area contributed by atoms with Crippen molar-refractivity contribution < 1.29 is 24.2 Å². The van der Waals surface area contributed by atoms with E-state index in [0.29, 0.717) is 12.8 Å². The zero-order chi connectivity index (χ0) is 13.7. The summed E-state index contributed by atoms with van der Waals surface area (Å²) in [6.07, 6.45) is 1.72. The Bertz CT molecular complexity index is 344. The Hall–Kier alpha value is -1.63. The number of ether oxygens (including phenoxy) is 1. The third kappa shape index (κ3) is 3.69. The Morgan fingerprint density at radius 1 is 1.44 bits per heavy atom. The molecular weight excluding hydrogens is 240 g/mol. The molecule has 0 radical (unpaired) electrons. The van der Waals surface area contributed by atoms with Crippen molar-refractivity contribution in [3.05, 3.63) is 0 Å². The number of amides is 1. The van der Waals surface area contributed by atoms with Gasteiger partial charge in [-0.3, -0.25) is 14.4 Å². The van der Waals surface area contributed by atoms with E-state index in [4.69, 9.17) is 10.8 Å². The maximum atomic E-state index is 11.6. The van der Waals surface area contributed by atoms with Gasteiger partial charge in [-0.05, 0) is 12.8 Å². The Balaban J connectivity index is 2.53. The third-order valence-electron chi connectivity index (χ3n) is 3.08. The van der Waals surface area contributed by atoms with E-state index in [1.54, 1.807) is 0 Å². The summed E-state index contributed by atoms with van der Waals surface area (Å²) in [6.45, 7) is 0. The minimum atomic E-state index is -1.13. The molecule has 0 spiro atoms. The van der Waals surface area contributed by atoms with Gasteiger partial charge in [-0.2, -0.15) is 0 Å². The molecule has 3 atom stereocenters. The molecule has 0 unspecified atom stereocenters. The summed E-state index contributed by atoms with van der Waals surface area (Å²) in [7, 11) is 1.30. The average molecular weight is 258 g/mol. The highest BCUT2D eigenvalue weighted by Gasteiger charge is 2.35. The number of hydrogen-bond acceptors (Lipinski definition) is 5. The summed E-state index contributed by atoms with van der Waals surface area (Å²) in [5.74, 6) is -2.40. The van der Waals surface area contributed by atoms with Gasteiger partial charge in [0.1, 0.15) is 0 Å². The van der Waals surface area contributed by atoms with E-state index >= 15 is 0 Å². The smallest absolute Gasteiger partial charge is 0.310 e. The molecule has 0 heterocycles. The number of carbonyl (C=O) groups is 3. The number of esters is 1. The van der Waals surface area contributed by atoms with Gasteiger partial charge in [0.05, 0.1) is 25.5 Å². The maximum Gasteiger partial charge on any atom is 0.310 e. The summed E-state index contributed by atoms with van der Waals surface area (Å²) in [4.78, 5) is 33.5. The average Bonchev–Trinajstić information content (AvgIpc) is 2.75. The van der Waals surface area contributed by atoms with Crippen molar-refractivity contribution in [2.75, 3.05) is 7.11 Å². The molecule has 1 fully saturated rings. The first-order valence-electron chi connectivity index (χ1n) is 5.81. The molecule has 1 amide bonds. The largest absolute Gasteiger partial charge is 0.481 e. The van der Waals surface area contributed by atoms with E-state index in [0.717, 1.165) is 6.42 Å². The van der Waals surface area contributed by atoms with Crippen LogP contribution < -0.4 is 11.1 Å². The first kappa shape index (κ1) is 14.4. The fourth-order valence-corrected chi connectivity index (χ4v) is 2.14. The van der Waals surface area contributed by atoms with Crippen LogP contribution in [0.5, 0.6) is 0 Å². The number of carboxylic acids is 1. The molecule has 1 aliphatic rings. The number of carboxylic acid groups (broad SMARTS) is 1. The molecular formula is C11H18N2O5. The Morgan fingerprint density at radius 2 is 2.11 bits per heavy atom. The molecule has 0 bridgehead atoms. The quantitative estimate of drug-likeness (QED) is 0.558. The molecule has 7 nitrogen and oxygen atoms in total. The second-order valence-electron chi connectivity index (χ2n) is 4.38. The van der Waals surface area contributed by atoms with Crippen LogP contribution in [0.1, 0.15) is 25.7 Å². The van der Waals surface area contributed by atoms with E-state index in [2.05, 4.69) is 10.1 Å². The van der Waals surface area contributed by atoms with E-state index in [-0.39, 0.29) is 17.9 Å². The number of aliphatic carboxylic acids is 1. The summed E-state index contributed by atoms with van der Waals surface area (Å²) in [5, 5.41) is 11.2. The lowest BCUT2D eigenvalue weighted by atomic mass is 10.0. The minimum Gasteiger partial charge on any atom is -0.481 e. The molecule has 102 valence electrons. The van der Waals surface area contributed by atoms with E-state index in [9.17, 15) is 14.4 Å². The number of carbonyl (C=O) groups excluding carboxylic acids is 2. The second kappa shape index (κ2) is 6.34. The third-order valence-corrected chi connectivity index (χ3v) is 3.08. The molecule has 4 N–H and O–H groups in total. The Labute approximate surface area is 105 Å². The van der Waals surface area contributed by atoms with Gasteiger partial charge >= 0.3 is 11.9 Å². The SMILES string of the molecule is COC(=O)[C@@H]1CCC[C@H]1NC(=O)[C@@H](N)CC(=O)O. The van der Waals surface area contributed by atoms with E-state index in [1.165, 1.54) is 7.11 Å². The molecule has 0 aliphatic heterocycles. The minimum absolute atomic E-state index is 0.315. The standard InChI is InChI=1S/C11H18N2O5/c1-18-11(17)6-3-2-4-8(6)13-10(16)7(12)5-9(14)15/h6-8H,2-5,12H2,1H3,(H,13,16)(H,14,15)/t6-,7+,8-/m1/s1. The predicted octanol–water partition coefficient (Wildman–Crippen LogP) is -0.754. The van der Waals surface area contributed by atoms with Gasteiger partial charge < -0.3 is 20.9 Å². The molecule has 1 saturated carbocycles. The summed E-state index contributed by atoms with van der Waals surface area (Å²) in [6, 6.07) is -1.41. The van der Waals surface area contributed by atoms with Crippen LogP contribution in [0.4, 0.5) is 0 Å². The van der Waals surface area contributed by atoms with Gasteiger partial charge in [-0.25, -0.2) is 0 Å². The Morgan fingerprint density at radius 3 is 2.67 bits per heavy atom. The summed E-state index contributed by atoms with van der Waals surface area (Å²) in [5.41, 5.74) is 5.44. The maximum absolute atomic E-state index is 11.6. The van der Waals surface area contributed by atoms with Crippen LogP contribution in [0.3, 0.4) is 0 Å². The number of nitrogens with two attached hydrogens (primary N) is 1. The van der Waals surface area contributed by atoms with Gasteiger partial charge in [0.25, 0.3) is 0 Å². The highest BCUT2D eigenvalue weighted by Crippen LogP contribution is 2.26. The van der Waals surface area contributed by atoms with Crippen molar-refractivity contribution in [3.63, 3.8) is 0 Å². The lowest BCUT2D eigenvalue weighted by Crippen LogP contribution is -2.48. The highest BCUT2D eigenvalue weighted by molar-refractivity contribution is 5.86. The second-order valence-corrected chi connectivity index (χ2v) is 4.38. The fourth-order valence-electron chi connectivity index (χ4n) is 2.14. The van der Waals surface area contributed by atoms with Gasteiger partial charge in [0.15, 0.2) is 0 Å². The van der Waals surface area contributed by atoms with E-state index in [1.807, 2.05) is 0 Å². The van der Waals surface area contributed by atoms with Crippen LogP contribution in [0.2, 0.25) is 0 Å². The summed E-state index contributed by atoms with van der Waals surface area (Å²) < 4.78 is 4.66. The number of hydrogen-bond donors (Lipinski definition) is 3. The molecule has 1 aliphatic carbocycles. The molecule has 1 rings (SSSR count). The molecule has 0 aromatic rings. The van der Waals surface area contributed by atoms with Crippen LogP contribution in [-0.4, -0.2) is 42.1 Å². The van der Waals surface area contributed by atoms with Gasteiger partial charge in [0, 0.05) is 6.04 Å². The van der Waals surface area contributed by atoms with Crippen LogP contribution in [0, 0.1) is 5.92 Å². The van der Waals surface area contributed by atoms with Gasteiger partial charge in [-0.1, -0.05) is 6.42 Å². The molecule has 7 heteroatoms. The molecule has 18 heavy (non-hydrogen) atoms. The Kier molecular flexibility index (Phi) is 5.08. The molecule has 0 aromatic carbocycles. The van der Waals surface area contributed by atoms with Crippen molar-refractivity contribution in [2.45, 2.75) is 37.8 Å². The van der Waals surface area contributed by atoms with E-state index < -0.39 is 24.3 Å². The van der Waals surface area contributed by atoms with Gasteiger partial charge in [-0.15, -0.1) is 0 Å². The highest BCUT2D eigenvalue weighted by atomic mass is 16.5. The zero-order valence-electron chi connectivity index (χ0n) is 10.2. The van der Waals surface area contributed by atoms with Crippen LogP contribution in [-0.2, 0) is 19.1 Å². The van der Waals surface area contributed by atoms with Crippen molar-refractivity contribution in [3.8, 4) is 0 Å². The number of methoxy groups -OCH3 is 1. The topological polar surface area (TPSA) is 119 Å².